The van der Waals surface area contributed by atoms with Gasteiger partial charge in [0.1, 0.15) is 0 Å². The first-order valence-electron chi connectivity index (χ1n) is 5.04. The molecule has 17 heavy (non-hydrogen) atoms. The molecule has 0 spiro atoms. The van der Waals surface area contributed by atoms with Crippen molar-refractivity contribution in [1.82, 2.24) is 0 Å². The molecule has 0 saturated heterocycles. The molecule has 0 aromatic heterocycles. The van der Waals surface area contributed by atoms with Crippen LogP contribution in [-0.2, 0) is 9.84 Å². The third-order valence-electron chi connectivity index (χ3n) is 2.43. The maximum Gasteiger partial charge on any atom is 0.176 e. The van der Waals surface area contributed by atoms with Gasteiger partial charge in [0.15, 0.2) is 9.84 Å². The first kappa shape index (κ1) is 11.7. The van der Waals surface area contributed by atoms with Crippen molar-refractivity contribution in [3.63, 3.8) is 0 Å². The summed E-state index contributed by atoms with van der Waals surface area (Å²) in [6.07, 6.45) is 1.17. The van der Waals surface area contributed by atoms with E-state index in [9.17, 15) is 8.42 Å². The summed E-state index contributed by atoms with van der Waals surface area (Å²) < 4.78 is 22.6. The molecule has 4 heteroatoms. The summed E-state index contributed by atoms with van der Waals surface area (Å²) >= 11 is 0. The number of anilines is 1. The van der Waals surface area contributed by atoms with Crippen LogP contribution in [0.5, 0.6) is 0 Å². The lowest BCUT2D eigenvalue weighted by Gasteiger charge is -2.03. The van der Waals surface area contributed by atoms with Crippen LogP contribution in [0.4, 0.5) is 5.69 Å². The second kappa shape index (κ2) is 4.22. The maximum atomic E-state index is 11.3. The SMILES string of the molecule is CS(=O)(=O)c1[c]cc(-c2ccc(N)cc2)cc1. The molecule has 0 bridgehead atoms. The monoisotopic (exact) mass is 246 g/mol. The highest BCUT2D eigenvalue weighted by atomic mass is 32.2. The van der Waals surface area contributed by atoms with Gasteiger partial charge >= 0.3 is 0 Å². The Hall–Kier alpha value is -1.81. The van der Waals surface area contributed by atoms with Gasteiger partial charge in [-0.25, -0.2) is 8.42 Å². The first-order valence-corrected chi connectivity index (χ1v) is 6.94. The fourth-order valence-corrected chi connectivity index (χ4v) is 2.08. The number of nitrogens with two attached hydrogens (primary N) is 1. The Morgan fingerprint density at radius 1 is 1.00 bits per heavy atom. The maximum absolute atomic E-state index is 11.3. The minimum atomic E-state index is -3.18. The van der Waals surface area contributed by atoms with Gasteiger partial charge in [-0.2, -0.15) is 0 Å². The van der Waals surface area contributed by atoms with E-state index in [1.54, 1.807) is 30.3 Å². The number of nitrogen functional groups attached to an aromatic ring is 1. The van der Waals surface area contributed by atoms with Gasteiger partial charge in [-0.3, -0.25) is 0 Å². The average molecular weight is 246 g/mol. The van der Waals surface area contributed by atoms with E-state index in [4.69, 9.17) is 5.73 Å². The number of hydrogen-bond acceptors (Lipinski definition) is 3. The first-order chi connectivity index (χ1) is 7.97. The smallest absolute Gasteiger partial charge is 0.176 e. The van der Waals surface area contributed by atoms with E-state index in [1.807, 2.05) is 12.1 Å². The van der Waals surface area contributed by atoms with Crippen LogP contribution in [0, 0.1) is 6.07 Å². The molecule has 2 aromatic carbocycles. The van der Waals surface area contributed by atoms with Gasteiger partial charge < -0.3 is 5.73 Å². The van der Waals surface area contributed by atoms with E-state index in [-0.39, 0.29) is 4.90 Å². The minimum Gasteiger partial charge on any atom is -0.399 e. The molecule has 0 saturated carbocycles. The van der Waals surface area contributed by atoms with Crippen LogP contribution >= 0.6 is 0 Å². The number of rotatable bonds is 2. The fourth-order valence-electron chi connectivity index (χ4n) is 1.50. The summed E-state index contributed by atoms with van der Waals surface area (Å²) in [7, 11) is -3.18. The molecule has 2 N–H and O–H groups in total. The van der Waals surface area contributed by atoms with Crippen LogP contribution < -0.4 is 5.73 Å². The van der Waals surface area contributed by atoms with Crippen LogP contribution in [0.2, 0.25) is 0 Å². The van der Waals surface area contributed by atoms with Gasteiger partial charge in [0.2, 0.25) is 0 Å². The fraction of sp³-hybridized carbons (Fsp3) is 0.0769. The quantitative estimate of drug-likeness (QED) is 0.826. The minimum absolute atomic E-state index is 0.205. The Labute approximate surface area is 101 Å². The highest BCUT2D eigenvalue weighted by molar-refractivity contribution is 7.90. The Kier molecular flexibility index (Phi) is 2.90. The van der Waals surface area contributed by atoms with Crippen LogP contribution in [0.3, 0.4) is 0 Å². The van der Waals surface area contributed by atoms with Gasteiger partial charge in [-0.1, -0.05) is 18.2 Å². The van der Waals surface area contributed by atoms with Crippen molar-refractivity contribution in [3.8, 4) is 11.1 Å². The lowest BCUT2D eigenvalue weighted by Crippen LogP contribution is -1.96. The predicted octanol–water partition coefficient (Wildman–Crippen LogP) is 2.14. The van der Waals surface area contributed by atoms with E-state index in [1.165, 1.54) is 6.26 Å². The molecule has 1 radical (unpaired) electrons. The molecule has 0 unspecified atom stereocenters. The predicted molar refractivity (Wildman–Crippen MR) is 68.2 cm³/mol. The molecule has 2 rings (SSSR count). The van der Waals surface area contributed by atoms with Crippen molar-refractivity contribution in [1.29, 1.82) is 0 Å². The molecular formula is C13H12NO2S. The summed E-state index contributed by atoms with van der Waals surface area (Å²) in [6.45, 7) is 0. The molecule has 0 atom stereocenters. The van der Waals surface area contributed by atoms with E-state index in [0.717, 1.165) is 11.1 Å². The largest absolute Gasteiger partial charge is 0.399 e. The summed E-state index contributed by atoms with van der Waals surface area (Å²) in [6, 6.07) is 15.1. The Balaban J connectivity index is 2.39. The van der Waals surface area contributed by atoms with Gasteiger partial charge in [0.05, 0.1) is 4.90 Å². The highest BCUT2D eigenvalue weighted by Gasteiger charge is 2.07. The van der Waals surface area contributed by atoms with E-state index in [2.05, 4.69) is 6.07 Å². The van der Waals surface area contributed by atoms with Gasteiger partial charge in [-0.05, 0) is 35.4 Å². The zero-order valence-corrected chi connectivity index (χ0v) is 10.2. The zero-order chi connectivity index (χ0) is 12.5. The summed E-state index contributed by atoms with van der Waals surface area (Å²) in [4.78, 5) is 0.205. The highest BCUT2D eigenvalue weighted by Crippen LogP contribution is 2.21. The molecular weight excluding hydrogens is 234 g/mol. The summed E-state index contributed by atoms with van der Waals surface area (Å²) in [5, 5.41) is 0. The lowest BCUT2D eigenvalue weighted by molar-refractivity contribution is 0.602. The topological polar surface area (TPSA) is 60.2 Å². The van der Waals surface area contributed by atoms with Gasteiger partial charge in [0.25, 0.3) is 0 Å². The molecule has 0 amide bonds. The van der Waals surface area contributed by atoms with Crippen molar-refractivity contribution in [2.24, 2.45) is 0 Å². The van der Waals surface area contributed by atoms with E-state index < -0.39 is 9.84 Å². The Morgan fingerprint density at radius 2 is 1.59 bits per heavy atom. The van der Waals surface area contributed by atoms with Gasteiger partial charge in [0, 0.05) is 18.0 Å². The summed E-state index contributed by atoms with van der Waals surface area (Å²) in [5.74, 6) is 0. The van der Waals surface area contributed by atoms with Crippen molar-refractivity contribution >= 4 is 15.5 Å². The molecule has 3 nitrogen and oxygen atoms in total. The molecule has 0 aliphatic rings. The van der Waals surface area contributed by atoms with Crippen molar-refractivity contribution < 1.29 is 8.42 Å². The molecule has 2 aromatic rings. The van der Waals surface area contributed by atoms with Crippen molar-refractivity contribution in [2.75, 3.05) is 12.0 Å². The van der Waals surface area contributed by atoms with Crippen LogP contribution in [0.15, 0.2) is 47.4 Å². The number of sulfone groups is 1. The van der Waals surface area contributed by atoms with E-state index >= 15 is 0 Å². The molecule has 0 aliphatic carbocycles. The number of benzene rings is 2. The zero-order valence-electron chi connectivity index (χ0n) is 9.34. The van der Waals surface area contributed by atoms with Crippen molar-refractivity contribution in [2.45, 2.75) is 4.90 Å². The third kappa shape index (κ3) is 2.65. The normalized spacial score (nSPS) is 11.4. The van der Waals surface area contributed by atoms with Crippen LogP contribution in [-0.4, -0.2) is 14.7 Å². The molecule has 0 fully saturated rings. The Bertz CT molecular complexity index is 613. The second-order valence-corrected chi connectivity index (χ2v) is 5.82. The second-order valence-electron chi connectivity index (χ2n) is 3.84. The molecule has 0 aliphatic heterocycles. The number of hydrogen-bond donors (Lipinski definition) is 1. The van der Waals surface area contributed by atoms with Crippen LogP contribution in [0.25, 0.3) is 11.1 Å². The van der Waals surface area contributed by atoms with Crippen LogP contribution in [0.1, 0.15) is 0 Å². The molecule has 0 heterocycles. The van der Waals surface area contributed by atoms with Crippen molar-refractivity contribution in [3.05, 3.63) is 48.5 Å². The van der Waals surface area contributed by atoms with E-state index in [0.29, 0.717) is 5.69 Å². The summed E-state index contributed by atoms with van der Waals surface area (Å²) in [5.41, 5.74) is 8.19. The standard InChI is InChI=1S/C13H12NO2S/c1-17(15,16)13-8-4-11(5-9-13)10-2-6-12(14)7-3-10/h2-8H,14H2,1H3. The lowest BCUT2D eigenvalue weighted by atomic mass is 10.1. The third-order valence-corrected chi connectivity index (χ3v) is 3.48. The average Bonchev–Trinajstić information content (AvgIpc) is 2.29. The Morgan fingerprint density at radius 3 is 2.06 bits per heavy atom. The molecule has 87 valence electrons. The van der Waals surface area contributed by atoms with Gasteiger partial charge in [-0.15, -0.1) is 0 Å².